The highest BCUT2D eigenvalue weighted by atomic mass is 16.5. The molecule has 0 radical (unpaired) electrons. The third kappa shape index (κ3) is 4.53. The number of benzene rings is 1. The van der Waals surface area contributed by atoms with Gasteiger partial charge in [-0.15, -0.1) is 0 Å². The van der Waals surface area contributed by atoms with Crippen LogP contribution in [0.2, 0.25) is 0 Å². The quantitative estimate of drug-likeness (QED) is 0.850. The van der Waals surface area contributed by atoms with Gasteiger partial charge in [-0.25, -0.2) is 0 Å². The summed E-state index contributed by atoms with van der Waals surface area (Å²) in [7, 11) is 3.01. The summed E-state index contributed by atoms with van der Waals surface area (Å²) < 4.78 is 15.2. The summed E-state index contributed by atoms with van der Waals surface area (Å²) in [5.41, 5.74) is -0.249. The monoisotopic (exact) mass is 361 g/mol. The summed E-state index contributed by atoms with van der Waals surface area (Å²) in [5, 5.41) is 6.22. The Bertz CT molecular complexity index is 766. The Morgan fingerprint density at radius 1 is 1.19 bits per heavy atom. The fraction of sp³-hybridized carbons (Fsp3) is 0.389. The third-order valence-electron chi connectivity index (χ3n) is 3.70. The van der Waals surface area contributed by atoms with E-state index < -0.39 is 5.54 Å². The lowest BCUT2D eigenvalue weighted by atomic mass is 10.0. The summed E-state index contributed by atoms with van der Waals surface area (Å²) >= 11 is 0. The van der Waals surface area contributed by atoms with Crippen molar-refractivity contribution in [2.75, 3.05) is 26.1 Å². The van der Waals surface area contributed by atoms with E-state index in [-0.39, 0.29) is 18.4 Å². The van der Waals surface area contributed by atoms with Gasteiger partial charge in [0.15, 0.2) is 5.82 Å². The second-order valence-electron chi connectivity index (χ2n) is 6.56. The molecular formula is C18H23N3O5. The molecule has 8 heteroatoms. The lowest BCUT2D eigenvalue weighted by molar-refractivity contribution is -0.117. The van der Waals surface area contributed by atoms with Crippen LogP contribution in [-0.2, 0) is 4.79 Å². The van der Waals surface area contributed by atoms with Crippen LogP contribution >= 0.6 is 0 Å². The molecule has 140 valence electrons. The van der Waals surface area contributed by atoms with Gasteiger partial charge in [0.25, 0.3) is 5.91 Å². The number of hydrogen-bond acceptors (Lipinski definition) is 6. The molecule has 2 amide bonds. The van der Waals surface area contributed by atoms with Crippen LogP contribution in [0.5, 0.6) is 11.5 Å². The van der Waals surface area contributed by atoms with Gasteiger partial charge in [0.2, 0.25) is 5.91 Å². The molecule has 2 aromatic rings. The Labute approximate surface area is 152 Å². The number of nitrogens with zero attached hydrogens (tertiary/aromatic N) is 2. The van der Waals surface area contributed by atoms with Crippen molar-refractivity contribution in [2.24, 2.45) is 0 Å². The fourth-order valence-corrected chi connectivity index (χ4v) is 2.34. The van der Waals surface area contributed by atoms with Gasteiger partial charge in [-0.2, -0.15) is 0 Å². The van der Waals surface area contributed by atoms with Crippen LogP contribution in [0.1, 0.15) is 31.1 Å². The first-order valence-electron chi connectivity index (χ1n) is 8.00. The van der Waals surface area contributed by atoms with Gasteiger partial charge in [-0.05, 0) is 32.9 Å². The Morgan fingerprint density at radius 3 is 2.46 bits per heavy atom. The highest BCUT2D eigenvalue weighted by molar-refractivity contribution is 6.01. The van der Waals surface area contributed by atoms with E-state index in [0.29, 0.717) is 22.9 Å². The molecule has 1 N–H and O–H groups in total. The standard InChI is InChI=1S/C18H23N3O5/c1-18(2,3)21(11-16(22)19-15-8-9-26-20-15)17(23)13-7-6-12(24-4)10-14(13)25-5/h6-10H,11H2,1-5H3,(H,19,20,22). The zero-order valence-corrected chi connectivity index (χ0v) is 15.5. The van der Waals surface area contributed by atoms with Crippen LogP contribution in [0.25, 0.3) is 0 Å². The maximum Gasteiger partial charge on any atom is 0.258 e. The van der Waals surface area contributed by atoms with Gasteiger partial charge in [0.05, 0.1) is 19.8 Å². The van der Waals surface area contributed by atoms with E-state index in [9.17, 15) is 9.59 Å². The van der Waals surface area contributed by atoms with Gasteiger partial charge in [0, 0.05) is 17.7 Å². The van der Waals surface area contributed by atoms with E-state index in [4.69, 9.17) is 9.47 Å². The number of anilines is 1. The van der Waals surface area contributed by atoms with E-state index in [2.05, 4.69) is 15.0 Å². The highest BCUT2D eigenvalue weighted by Crippen LogP contribution is 2.28. The van der Waals surface area contributed by atoms with Gasteiger partial charge >= 0.3 is 0 Å². The molecule has 1 aromatic carbocycles. The summed E-state index contributed by atoms with van der Waals surface area (Å²) in [5.74, 6) is 0.533. The summed E-state index contributed by atoms with van der Waals surface area (Å²) in [4.78, 5) is 26.9. The lowest BCUT2D eigenvalue weighted by Gasteiger charge is -2.35. The van der Waals surface area contributed by atoms with Crippen molar-refractivity contribution in [3.05, 3.63) is 36.1 Å². The first kappa shape index (κ1) is 19.3. The summed E-state index contributed by atoms with van der Waals surface area (Å²) in [6.07, 6.45) is 1.35. The SMILES string of the molecule is COc1ccc(C(=O)N(CC(=O)Nc2ccon2)C(C)(C)C)c(OC)c1. The predicted octanol–water partition coefficient (Wildman–Crippen LogP) is 2.57. The van der Waals surface area contributed by atoms with Gasteiger partial charge in [-0.3, -0.25) is 9.59 Å². The summed E-state index contributed by atoms with van der Waals surface area (Å²) in [6.45, 7) is 5.41. The molecule has 26 heavy (non-hydrogen) atoms. The number of nitrogens with one attached hydrogen (secondary N) is 1. The third-order valence-corrected chi connectivity index (χ3v) is 3.70. The highest BCUT2D eigenvalue weighted by Gasteiger charge is 2.31. The fourth-order valence-electron chi connectivity index (χ4n) is 2.34. The van der Waals surface area contributed by atoms with Crippen LogP contribution in [0.15, 0.2) is 35.1 Å². The molecule has 0 saturated carbocycles. The van der Waals surface area contributed by atoms with Crippen LogP contribution in [-0.4, -0.2) is 48.2 Å². The molecule has 0 fully saturated rings. The zero-order chi connectivity index (χ0) is 19.3. The molecule has 2 rings (SSSR count). The molecule has 8 nitrogen and oxygen atoms in total. The zero-order valence-electron chi connectivity index (χ0n) is 15.5. The molecule has 0 aliphatic rings. The Kier molecular flexibility index (Phi) is 5.86. The second kappa shape index (κ2) is 7.90. The Hall–Kier alpha value is -3.03. The molecule has 0 aliphatic carbocycles. The molecule has 0 bridgehead atoms. The molecule has 0 unspecified atom stereocenters. The van der Waals surface area contributed by atoms with Crippen LogP contribution in [0, 0.1) is 0 Å². The molecule has 0 saturated heterocycles. The number of amides is 2. The van der Waals surface area contributed by atoms with Crippen molar-refractivity contribution in [1.82, 2.24) is 10.1 Å². The van der Waals surface area contributed by atoms with E-state index in [0.717, 1.165) is 0 Å². The first-order chi connectivity index (χ1) is 12.3. The van der Waals surface area contributed by atoms with Crippen molar-refractivity contribution < 1.29 is 23.6 Å². The smallest absolute Gasteiger partial charge is 0.258 e. The predicted molar refractivity (Wildman–Crippen MR) is 95.5 cm³/mol. The number of ether oxygens (including phenoxy) is 2. The number of hydrogen-bond donors (Lipinski definition) is 1. The molecule has 0 aliphatic heterocycles. The summed E-state index contributed by atoms with van der Waals surface area (Å²) in [6, 6.07) is 6.44. The molecule has 1 heterocycles. The number of carbonyl (C=O) groups is 2. The average Bonchev–Trinajstić information content (AvgIpc) is 3.10. The van der Waals surface area contributed by atoms with Crippen LogP contribution in [0.4, 0.5) is 5.82 Å². The molecule has 1 aromatic heterocycles. The lowest BCUT2D eigenvalue weighted by Crippen LogP contribution is -2.49. The second-order valence-corrected chi connectivity index (χ2v) is 6.56. The number of methoxy groups -OCH3 is 2. The van der Waals surface area contributed by atoms with Crippen molar-refractivity contribution in [1.29, 1.82) is 0 Å². The maximum absolute atomic E-state index is 13.1. The van der Waals surface area contributed by atoms with Crippen LogP contribution < -0.4 is 14.8 Å². The molecule has 0 atom stereocenters. The van der Waals surface area contributed by atoms with Gasteiger partial charge in [-0.1, -0.05) is 5.16 Å². The van der Waals surface area contributed by atoms with Gasteiger partial charge in [0.1, 0.15) is 24.3 Å². The number of aromatic nitrogens is 1. The number of carbonyl (C=O) groups excluding carboxylic acids is 2. The Morgan fingerprint density at radius 2 is 1.92 bits per heavy atom. The van der Waals surface area contributed by atoms with Crippen molar-refractivity contribution in [3.63, 3.8) is 0 Å². The molecule has 0 spiro atoms. The van der Waals surface area contributed by atoms with Crippen molar-refractivity contribution >= 4 is 17.6 Å². The molecular weight excluding hydrogens is 338 g/mol. The topological polar surface area (TPSA) is 93.9 Å². The van der Waals surface area contributed by atoms with E-state index in [1.807, 2.05) is 20.8 Å². The minimum absolute atomic E-state index is 0.148. The minimum atomic E-state index is -0.594. The minimum Gasteiger partial charge on any atom is -0.497 e. The Balaban J connectivity index is 2.26. The van der Waals surface area contributed by atoms with E-state index in [1.165, 1.54) is 31.4 Å². The van der Waals surface area contributed by atoms with Crippen molar-refractivity contribution in [2.45, 2.75) is 26.3 Å². The van der Waals surface area contributed by atoms with Crippen molar-refractivity contribution in [3.8, 4) is 11.5 Å². The van der Waals surface area contributed by atoms with Gasteiger partial charge < -0.3 is 24.2 Å². The van der Waals surface area contributed by atoms with E-state index in [1.54, 1.807) is 18.2 Å². The average molecular weight is 361 g/mol. The normalized spacial score (nSPS) is 11.0. The maximum atomic E-state index is 13.1. The van der Waals surface area contributed by atoms with E-state index >= 15 is 0 Å². The van der Waals surface area contributed by atoms with Crippen LogP contribution in [0.3, 0.4) is 0 Å². The number of rotatable bonds is 6. The first-order valence-corrected chi connectivity index (χ1v) is 8.00. The largest absolute Gasteiger partial charge is 0.497 e.